The topological polar surface area (TPSA) is 69.4 Å². The van der Waals surface area contributed by atoms with Crippen molar-refractivity contribution < 1.29 is 14.5 Å². The summed E-state index contributed by atoms with van der Waals surface area (Å²) < 4.78 is 5.68. The van der Waals surface area contributed by atoms with Gasteiger partial charge in [0.1, 0.15) is 6.10 Å². The molecule has 2 aromatic carbocycles. The highest BCUT2D eigenvalue weighted by molar-refractivity contribution is 5.89. The summed E-state index contributed by atoms with van der Waals surface area (Å²) in [5.41, 5.74) is 1.42. The molecule has 0 aliphatic carbocycles. The zero-order valence-corrected chi connectivity index (χ0v) is 13.8. The first-order valence-corrected chi connectivity index (χ1v) is 8.07. The number of benzene rings is 2. The normalized spacial score (nSPS) is 13.1. The number of rotatable bonds is 7. The maximum atomic E-state index is 12.4. The van der Waals surface area contributed by atoms with Gasteiger partial charge in [0, 0.05) is 18.1 Å². The van der Waals surface area contributed by atoms with Gasteiger partial charge in [0.15, 0.2) is 0 Å². The molecule has 0 aliphatic rings. The van der Waals surface area contributed by atoms with Crippen LogP contribution in [0.5, 0.6) is 0 Å². The first kappa shape index (κ1) is 17.7. The predicted molar refractivity (Wildman–Crippen MR) is 92.1 cm³/mol. The summed E-state index contributed by atoms with van der Waals surface area (Å²) in [6, 6.07) is 15.5. The van der Waals surface area contributed by atoms with Gasteiger partial charge in [-0.05, 0) is 30.5 Å². The number of carbonyl (C=O) groups excluding carboxylic acids is 1. The summed E-state index contributed by atoms with van der Waals surface area (Å²) in [7, 11) is 0. The predicted octanol–water partition coefficient (Wildman–Crippen LogP) is 4.72. The van der Waals surface area contributed by atoms with Crippen LogP contribution in [-0.2, 0) is 4.74 Å². The van der Waals surface area contributed by atoms with Crippen LogP contribution in [-0.4, -0.2) is 17.0 Å². The molecule has 0 saturated heterocycles. The van der Waals surface area contributed by atoms with Gasteiger partial charge in [-0.2, -0.15) is 0 Å². The number of nitro benzene ring substituents is 1. The molecule has 0 saturated carbocycles. The molecule has 0 heterocycles. The fraction of sp³-hybridized carbons (Fsp3) is 0.316. The molecule has 126 valence electrons. The number of non-ortho nitro benzene ring substituents is 1. The van der Waals surface area contributed by atoms with Crippen LogP contribution in [0, 0.1) is 10.1 Å². The standard InChI is InChI=1S/C19H21NO4/c1-3-17(14-8-6-5-7-9-14)18(4-2)24-19(21)15-10-12-16(13-11-15)20(22)23/h5-13,17-18H,3-4H2,1-2H3/t17-,18+/m0/s1. The largest absolute Gasteiger partial charge is 0.458 e. The molecule has 2 atom stereocenters. The van der Waals surface area contributed by atoms with Crippen molar-refractivity contribution >= 4 is 11.7 Å². The van der Waals surface area contributed by atoms with Crippen molar-refractivity contribution in [3.8, 4) is 0 Å². The summed E-state index contributed by atoms with van der Waals surface area (Å²) >= 11 is 0. The molecule has 5 nitrogen and oxygen atoms in total. The maximum Gasteiger partial charge on any atom is 0.338 e. The SMILES string of the molecule is CC[C@@H](OC(=O)c1ccc([N+](=O)[O-])cc1)[C@@H](CC)c1ccccc1. The van der Waals surface area contributed by atoms with Crippen molar-refractivity contribution in [3.63, 3.8) is 0 Å². The van der Waals surface area contributed by atoms with Gasteiger partial charge in [-0.1, -0.05) is 44.2 Å². The Morgan fingerprint density at radius 3 is 2.17 bits per heavy atom. The van der Waals surface area contributed by atoms with E-state index >= 15 is 0 Å². The average molecular weight is 327 g/mol. The fourth-order valence-corrected chi connectivity index (χ4v) is 2.79. The second kappa shape index (κ2) is 8.24. The zero-order chi connectivity index (χ0) is 17.5. The minimum atomic E-state index is -0.494. The quantitative estimate of drug-likeness (QED) is 0.419. The lowest BCUT2D eigenvalue weighted by Gasteiger charge is -2.25. The lowest BCUT2D eigenvalue weighted by atomic mass is 9.89. The highest BCUT2D eigenvalue weighted by atomic mass is 16.6. The van der Waals surface area contributed by atoms with Gasteiger partial charge >= 0.3 is 5.97 Å². The van der Waals surface area contributed by atoms with Gasteiger partial charge in [-0.3, -0.25) is 10.1 Å². The number of nitrogens with zero attached hydrogens (tertiary/aromatic N) is 1. The molecule has 0 N–H and O–H groups in total. The maximum absolute atomic E-state index is 12.4. The van der Waals surface area contributed by atoms with Crippen LogP contribution >= 0.6 is 0 Å². The number of carbonyl (C=O) groups is 1. The highest BCUT2D eigenvalue weighted by Crippen LogP contribution is 2.28. The molecule has 0 bridgehead atoms. The number of ether oxygens (including phenoxy) is 1. The van der Waals surface area contributed by atoms with Crippen molar-refractivity contribution in [2.75, 3.05) is 0 Å². The van der Waals surface area contributed by atoms with Gasteiger partial charge in [-0.15, -0.1) is 0 Å². The van der Waals surface area contributed by atoms with E-state index < -0.39 is 10.9 Å². The molecule has 0 fully saturated rings. The third-order valence-corrected chi connectivity index (χ3v) is 4.09. The van der Waals surface area contributed by atoms with E-state index in [4.69, 9.17) is 4.74 Å². The van der Waals surface area contributed by atoms with E-state index in [1.165, 1.54) is 24.3 Å². The number of hydrogen-bond donors (Lipinski definition) is 0. The zero-order valence-electron chi connectivity index (χ0n) is 13.8. The van der Waals surface area contributed by atoms with E-state index in [-0.39, 0.29) is 17.7 Å². The molecule has 0 radical (unpaired) electrons. The molecule has 0 amide bonds. The van der Waals surface area contributed by atoms with E-state index in [0.717, 1.165) is 12.0 Å². The van der Waals surface area contributed by atoms with Crippen LogP contribution in [0.3, 0.4) is 0 Å². The Morgan fingerprint density at radius 2 is 1.67 bits per heavy atom. The molecule has 24 heavy (non-hydrogen) atoms. The third-order valence-electron chi connectivity index (χ3n) is 4.09. The van der Waals surface area contributed by atoms with Gasteiger partial charge in [0.05, 0.1) is 10.5 Å². The molecular weight excluding hydrogens is 306 g/mol. The van der Waals surface area contributed by atoms with E-state index in [0.29, 0.717) is 12.0 Å². The minimum absolute atomic E-state index is 0.0469. The van der Waals surface area contributed by atoms with Crippen molar-refractivity contribution in [2.24, 2.45) is 0 Å². The fourth-order valence-electron chi connectivity index (χ4n) is 2.79. The van der Waals surface area contributed by atoms with Gasteiger partial charge in [0.2, 0.25) is 0 Å². The highest BCUT2D eigenvalue weighted by Gasteiger charge is 2.24. The van der Waals surface area contributed by atoms with E-state index in [2.05, 4.69) is 6.92 Å². The van der Waals surface area contributed by atoms with Crippen LogP contribution in [0.15, 0.2) is 54.6 Å². The summed E-state index contributed by atoms with van der Waals surface area (Å²) in [5.74, 6) is -0.329. The molecule has 5 heteroatoms. The Kier molecular flexibility index (Phi) is 6.07. The second-order valence-corrected chi connectivity index (χ2v) is 5.58. The average Bonchev–Trinajstić information content (AvgIpc) is 2.62. The lowest BCUT2D eigenvalue weighted by Crippen LogP contribution is -2.25. The van der Waals surface area contributed by atoms with Crippen LogP contribution in [0.1, 0.15) is 48.5 Å². The van der Waals surface area contributed by atoms with Gasteiger partial charge < -0.3 is 4.74 Å². The minimum Gasteiger partial charge on any atom is -0.458 e. The smallest absolute Gasteiger partial charge is 0.338 e. The first-order valence-electron chi connectivity index (χ1n) is 8.07. The summed E-state index contributed by atoms with van der Waals surface area (Å²) in [4.78, 5) is 22.5. The van der Waals surface area contributed by atoms with Crippen molar-refractivity contribution in [2.45, 2.75) is 38.7 Å². The molecular formula is C19H21NO4. The first-order chi connectivity index (χ1) is 11.6. The van der Waals surface area contributed by atoms with E-state index in [1.807, 2.05) is 37.3 Å². The van der Waals surface area contributed by atoms with Crippen LogP contribution < -0.4 is 0 Å². The number of hydrogen-bond acceptors (Lipinski definition) is 4. The Labute approximate surface area is 141 Å². The van der Waals surface area contributed by atoms with Crippen LogP contribution in [0.2, 0.25) is 0 Å². The summed E-state index contributed by atoms with van der Waals surface area (Å²) in [5, 5.41) is 10.7. The Balaban J connectivity index is 2.13. The molecule has 0 aliphatic heterocycles. The van der Waals surface area contributed by atoms with Crippen molar-refractivity contribution in [1.29, 1.82) is 0 Å². The monoisotopic (exact) mass is 327 g/mol. The summed E-state index contributed by atoms with van der Waals surface area (Å²) in [6.45, 7) is 4.05. The third kappa shape index (κ3) is 4.19. The second-order valence-electron chi connectivity index (χ2n) is 5.58. The summed E-state index contributed by atoms with van der Waals surface area (Å²) in [6.07, 6.45) is 1.32. The van der Waals surface area contributed by atoms with Gasteiger partial charge in [0.25, 0.3) is 5.69 Å². The lowest BCUT2D eigenvalue weighted by molar-refractivity contribution is -0.384. The van der Waals surface area contributed by atoms with Crippen molar-refractivity contribution in [1.82, 2.24) is 0 Å². The van der Waals surface area contributed by atoms with E-state index in [9.17, 15) is 14.9 Å². The Morgan fingerprint density at radius 1 is 1.04 bits per heavy atom. The van der Waals surface area contributed by atoms with Crippen LogP contribution in [0.25, 0.3) is 0 Å². The van der Waals surface area contributed by atoms with Crippen molar-refractivity contribution in [3.05, 3.63) is 75.8 Å². The molecule has 0 unspecified atom stereocenters. The van der Waals surface area contributed by atoms with E-state index in [1.54, 1.807) is 0 Å². The Hall–Kier alpha value is -2.69. The molecule has 2 aromatic rings. The number of esters is 1. The molecule has 0 aromatic heterocycles. The molecule has 2 rings (SSSR count). The number of nitro groups is 1. The van der Waals surface area contributed by atoms with Gasteiger partial charge in [-0.25, -0.2) is 4.79 Å². The van der Waals surface area contributed by atoms with Crippen LogP contribution in [0.4, 0.5) is 5.69 Å². The Bertz CT molecular complexity index is 682. The molecule has 0 spiro atoms.